The monoisotopic (exact) mass is 267 g/mol. The maximum absolute atomic E-state index is 12.4. The van der Waals surface area contributed by atoms with Gasteiger partial charge >= 0.3 is 0 Å². The Morgan fingerprint density at radius 2 is 1.68 bits per heavy atom. The van der Waals surface area contributed by atoms with E-state index in [1.165, 1.54) is 12.8 Å². The lowest BCUT2D eigenvalue weighted by atomic mass is 9.87. The number of hydrogen-bond acceptors (Lipinski definition) is 1. The van der Waals surface area contributed by atoms with Gasteiger partial charge in [0.1, 0.15) is 0 Å². The van der Waals surface area contributed by atoms with E-state index >= 15 is 0 Å². The number of rotatable bonds is 5. The van der Waals surface area contributed by atoms with Gasteiger partial charge in [-0.25, -0.2) is 0 Å². The number of likely N-dealkylation sites (tertiary alicyclic amines) is 1. The maximum atomic E-state index is 12.4. The summed E-state index contributed by atoms with van der Waals surface area (Å²) in [5.74, 6) is 3.24. The quantitative estimate of drug-likeness (QED) is 0.731. The molecule has 0 saturated carbocycles. The summed E-state index contributed by atoms with van der Waals surface area (Å²) in [5, 5.41) is 0. The van der Waals surface area contributed by atoms with E-state index in [-0.39, 0.29) is 5.92 Å². The maximum Gasteiger partial charge on any atom is 0.225 e. The molecule has 0 N–H and O–H groups in total. The average Bonchev–Trinajstić information content (AvgIpc) is 2.71. The summed E-state index contributed by atoms with van der Waals surface area (Å²) in [6.07, 6.45) is 2.37. The molecule has 1 heterocycles. The van der Waals surface area contributed by atoms with E-state index in [4.69, 9.17) is 0 Å². The Labute approximate surface area is 119 Å². The van der Waals surface area contributed by atoms with E-state index < -0.39 is 0 Å². The van der Waals surface area contributed by atoms with Crippen LogP contribution in [-0.2, 0) is 4.79 Å². The first-order valence-electron chi connectivity index (χ1n) is 8.04. The molecule has 0 aromatic rings. The molecule has 0 radical (unpaired) electrons. The fraction of sp³-hybridized carbons (Fsp3) is 0.941. The summed E-state index contributed by atoms with van der Waals surface area (Å²) in [7, 11) is 0. The second-order valence-electron chi connectivity index (χ2n) is 7.50. The van der Waals surface area contributed by atoms with Gasteiger partial charge in [-0.1, -0.05) is 48.5 Å². The summed E-state index contributed by atoms with van der Waals surface area (Å²) >= 11 is 0. The molecular formula is C17H33NO. The number of carbonyl (C=O) groups excluding carboxylic acids is 1. The van der Waals surface area contributed by atoms with Gasteiger partial charge in [-0.15, -0.1) is 0 Å². The Morgan fingerprint density at radius 1 is 1.11 bits per heavy atom. The summed E-state index contributed by atoms with van der Waals surface area (Å²) in [5.41, 5.74) is 0. The van der Waals surface area contributed by atoms with Crippen LogP contribution in [0.3, 0.4) is 0 Å². The molecule has 2 nitrogen and oxygen atoms in total. The third-order valence-electron chi connectivity index (χ3n) is 4.95. The number of hydrogen-bond donors (Lipinski definition) is 0. The minimum atomic E-state index is 0.128. The SMILES string of the molecule is CC(C)C(=O)N1CC(C(C)C)CC1CC(C)C(C)C. The van der Waals surface area contributed by atoms with Gasteiger partial charge in [0.05, 0.1) is 0 Å². The van der Waals surface area contributed by atoms with Crippen LogP contribution in [0.2, 0.25) is 0 Å². The predicted molar refractivity (Wildman–Crippen MR) is 81.9 cm³/mol. The summed E-state index contributed by atoms with van der Waals surface area (Å²) in [6.45, 7) is 16.5. The van der Waals surface area contributed by atoms with Crippen LogP contribution >= 0.6 is 0 Å². The van der Waals surface area contributed by atoms with Crippen molar-refractivity contribution in [3.63, 3.8) is 0 Å². The molecule has 3 atom stereocenters. The fourth-order valence-electron chi connectivity index (χ4n) is 2.96. The first-order valence-corrected chi connectivity index (χ1v) is 8.04. The van der Waals surface area contributed by atoms with Gasteiger partial charge in [-0.2, -0.15) is 0 Å². The highest BCUT2D eigenvalue weighted by atomic mass is 16.2. The first kappa shape index (κ1) is 16.5. The van der Waals surface area contributed by atoms with Crippen molar-refractivity contribution in [1.29, 1.82) is 0 Å². The summed E-state index contributed by atoms with van der Waals surface area (Å²) in [6, 6.07) is 0.472. The molecule has 19 heavy (non-hydrogen) atoms. The van der Waals surface area contributed by atoms with Crippen LogP contribution in [0.1, 0.15) is 61.3 Å². The van der Waals surface area contributed by atoms with Crippen molar-refractivity contribution in [3.05, 3.63) is 0 Å². The van der Waals surface area contributed by atoms with Crippen LogP contribution < -0.4 is 0 Å². The smallest absolute Gasteiger partial charge is 0.225 e. The van der Waals surface area contributed by atoms with Crippen LogP contribution in [0.5, 0.6) is 0 Å². The predicted octanol–water partition coefficient (Wildman–Crippen LogP) is 4.20. The van der Waals surface area contributed by atoms with Crippen LogP contribution in [0, 0.1) is 29.6 Å². The van der Waals surface area contributed by atoms with Gasteiger partial charge in [0.2, 0.25) is 5.91 Å². The molecule has 1 rings (SSSR count). The molecule has 1 aliphatic rings. The van der Waals surface area contributed by atoms with Crippen molar-refractivity contribution >= 4 is 5.91 Å². The molecule has 1 aliphatic heterocycles. The minimum Gasteiger partial charge on any atom is -0.339 e. The zero-order valence-corrected chi connectivity index (χ0v) is 13.9. The molecule has 2 heteroatoms. The molecule has 1 fully saturated rings. The highest BCUT2D eigenvalue weighted by molar-refractivity contribution is 5.78. The van der Waals surface area contributed by atoms with Gasteiger partial charge in [0.25, 0.3) is 0 Å². The van der Waals surface area contributed by atoms with E-state index in [1.54, 1.807) is 0 Å². The molecule has 1 saturated heterocycles. The van der Waals surface area contributed by atoms with E-state index in [1.807, 2.05) is 13.8 Å². The van der Waals surface area contributed by atoms with E-state index in [2.05, 4.69) is 39.5 Å². The van der Waals surface area contributed by atoms with Crippen LogP contribution in [0.15, 0.2) is 0 Å². The average molecular weight is 267 g/mol. The molecule has 0 aromatic carbocycles. The number of nitrogens with zero attached hydrogens (tertiary/aromatic N) is 1. The lowest BCUT2D eigenvalue weighted by molar-refractivity contribution is -0.135. The number of carbonyl (C=O) groups is 1. The van der Waals surface area contributed by atoms with Crippen molar-refractivity contribution < 1.29 is 4.79 Å². The van der Waals surface area contributed by atoms with Gasteiger partial charge in [0.15, 0.2) is 0 Å². The highest BCUT2D eigenvalue weighted by Gasteiger charge is 2.37. The van der Waals surface area contributed by atoms with Crippen LogP contribution in [0.4, 0.5) is 0 Å². The second-order valence-corrected chi connectivity index (χ2v) is 7.50. The molecule has 0 aliphatic carbocycles. The van der Waals surface area contributed by atoms with Crippen LogP contribution in [-0.4, -0.2) is 23.4 Å². The molecule has 0 spiro atoms. The third kappa shape index (κ3) is 4.22. The number of amides is 1. The Bertz CT molecular complexity index is 296. The Balaban J connectivity index is 2.76. The Hall–Kier alpha value is -0.530. The zero-order valence-electron chi connectivity index (χ0n) is 13.9. The second kappa shape index (κ2) is 6.76. The molecule has 0 aromatic heterocycles. The first-order chi connectivity index (χ1) is 8.73. The topological polar surface area (TPSA) is 20.3 Å². The van der Waals surface area contributed by atoms with E-state index in [0.717, 1.165) is 6.54 Å². The van der Waals surface area contributed by atoms with Crippen molar-refractivity contribution in [2.45, 2.75) is 67.3 Å². The van der Waals surface area contributed by atoms with Gasteiger partial charge in [-0.3, -0.25) is 4.79 Å². The fourth-order valence-corrected chi connectivity index (χ4v) is 2.96. The van der Waals surface area contributed by atoms with Crippen LogP contribution in [0.25, 0.3) is 0 Å². The highest BCUT2D eigenvalue weighted by Crippen LogP contribution is 2.34. The molecule has 3 unspecified atom stereocenters. The molecule has 112 valence electrons. The Morgan fingerprint density at radius 3 is 2.11 bits per heavy atom. The van der Waals surface area contributed by atoms with Gasteiger partial charge in [-0.05, 0) is 36.5 Å². The van der Waals surface area contributed by atoms with E-state index in [0.29, 0.717) is 35.6 Å². The standard InChI is InChI=1S/C17H33NO/c1-11(2)14(7)8-16-9-15(12(3)4)10-18(16)17(19)13(5)6/h11-16H,8-10H2,1-7H3. The van der Waals surface area contributed by atoms with Gasteiger partial charge in [0, 0.05) is 18.5 Å². The molecular weight excluding hydrogens is 234 g/mol. The van der Waals surface area contributed by atoms with Gasteiger partial charge < -0.3 is 4.90 Å². The molecule has 1 amide bonds. The lowest BCUT2D eigenvalue weighted by Gasteiger charge is -2.29. The van der Waals surface area contributed by atoms with Crippen molar-refractivity contribution in [2.75, 3.05) is 6.54 Å². The summed E-state index contributed by atoms with van der Waals surface area (Å²) in [4.78, 5) is 14.6. The summed E-state index contributed by atoms with van der Waals surface area (Å²) < 4.78 is 0. The third-order valence-corrected chi connectivity index (χ3v) is 4.95. The Kier molecular flexibility index (Phi) is 5.88. The van der Waals surface area contributed by atoms with Crippen molar-refractivity contribution in [3.8, 4) is 0 Å². The van der Waals surface area contributed by atoms with E-state index in [9.17, 15) is 4.79 Å². The van der Waals surface area contributed by atoms with Crippen molar-refractivity contribution in [1.82, 2.24) is 4.90 Å². The minimum absolute atomic E-state index is 0.128. The normalized spacial score (nSPS) is 25.7. The largest absolute Gasteiger partial charge is 0.339 e. The zero-order chi connectivity index (χ0) is 14.7. The van der Waals surface area contributed by atoms with Crippen molar-refractivity contribution in [2.24, 2.45) is 29.6 Å². The molecule has 0 bridgehead atoms. The lowest BCUT2D eigenvalue weighted by Crippen LogP contribution is -2.39.